The van der Waals surface area contributed by atoms with Crippen molar-refractivity contribution in [3.05, 3.63) is 29.8 Å². The number of anilines is 1. The summed E-state index contributed by atoms with van der Waals surface area (Å²) in [6.45, 7) is 2.01. The molecule has 5 nitrogen and oxygen atoms in total. The molecule has 2 fully saturated rings. The molecule has 2 aliphatic heterocycles. The van der Waals surface area contributed by atoms with E-state index in [1.54, 1.807) is 4.90 Å². The van der Waals surface area contributed by atoms with Crippen molar-refractivity contribution in [2.24, 2.45) is 0 Å². The second kappa shape index (κ2) is 7.80. The van der Waals surface area contributed by atoms with E-state index in [4.69, 9.17) is 0 Å². The van der Waals surface area contributed by atoms with E-state index in [1.807, 2.05) is 4.90 Å². The van der Waals surface area contributed by atoms with Gasteiger partial charge in [0.2, 0.25) is 5.91 Å². The molecule has 2 aliphatic rings. The van der Waals surface area contributed by atoms with Crippen molar-refractivity contribution >= 4 is 17.6 Å². The van der Waals surface area contributed by atoms with Gasteiger partial charge in [-0.1, -0.05) is 0 Å². The van der Waals surface area contributed by atoms with Crippen molar-refractivity contribution in [2.75, 3.05) is 25.0 Å². The van der Waals surface area contributed by atoms with Crippen LogP contribution in [0.1, 0.15) is 38.5 Å². The van der Waals surface area contributed by atoms with E-state index in [-0.39, 0.29) is 17.6 Å². The SMILES string of the molecule is O=C1CCCN1CC[C@@H]1CCCCN1C(=O)Nc1cc(F)ccc1F. The number of carbonyl (C=O) groups excluding carboxylic acids is 2. The van der Waals surface area contributed by atoms with Crippen LogP contribution in [0.2, 0.25) is 0 Å². The zero-order chi connectivity index (χ0) is 17.8. The van der Waals surface area contributed by atoms with E-state index in [0.717, 1.165) is 50.4 Å². The van der Waals surface area contributed by atoms with Crippen molar-refractivity contribution in [1.82, 2.24) is 9.80 Å². The summed E-state index contributed by atoms with van der Waals surface area (Å²) in [7, 11) is 0. The number of carbonyl (C=O) groups is 2. The minimum Gasteiger partial charge on any atom is -0.343 e. The van der Waals surface area contributed by atoms with Crippen LogP contribution in [0.3, 0.4) is 0 Å². The third kappa shape index (κ3) is 4.27. The summed E-state index contributed by atoms with van der Waals surface area (Å²) in [5.41, 5.74) is -0.149. The minimum atomic E-state index is -0.661. The molecule has 1 atom stereocenters. The first-order chi connectivity index (χ1) is 12.0. The maximum Gasteiger partial charge on any atom is 0.322 e. The summed E-state index contributed by atoms with van der Waals surface area (Å²) in [4.78, 5) is 27.8. The average molecular weight is 351 g/mol. The Morgan fingerprint density at radius 3 is 2.80 bits per heavy atom. The average Bonchev–Trinajstić information content (AvgIpc) is 3.01. The monoisotopic (exact) mass is 351 g/mol. The van der Waals surface area contributed by atoms with Gasteiger partial charge in [0.15, 0.2) is 0 Å². The number of nitrogens with one attached hydrogen (secondary N) is 1. The van der Waals surface area contributed by atoms with Crippen LogP contribution in [0.15, 0.2) is 18.2 Å². The summed E-state index contributed by atoms with van der Waals surface area (Å²) in [5.74, 6) is -1.08. The van der Waals surface area contributed by atoms with Gasteiger partial charge < -0.3 is 15.1 Å². The zero-order valence-electron chi connectivity index (χ0n) is 14.1. The van der Waals surface area contributed by atoms with Crippen molar-refractivity contribution < 1.29 is 18.4 Å². The number of piperidine rings is 1. The third-order valence-electron chi connectivity index (χ3n) is 4.96. The standard InChI is InChI=1S/C18H23F2N3O2/c19-13-6-7-15(20)16(12-13)21-18(25)23-10-2-1-4-14(23)8-11-22-9-3-5-17(22)24/h6-7,12,14H,1-5,8-11H2,(H,21,25)/t14-/m0/s1. The number of nitrogens with zero attached hydrogens (tertiary/aromatic N) is 2. The molecule has 136 valence electrons. The minimum absolute atomic E-state index is 0.0128. The number of likely N-dealkylation sites (tertiary alicyclic amines) is 2. The normalized spacial score (nSPS) is 20.9. The number of halogens is 2. The van der Waals surface area contributed by atoms with E-state index in [0.29, 0.717) is 25.9 Å². The lowest BCUT2D eigenvalue weighted by molar-refractivity contribution is -0.127. The molecule has 2 heterocycles. The van der Waals surface area contributed by atoms with Gasteiger partial charge in [0.1, 0.15) is 11.6 Å². The van der Waals surface area contributed by atoms with Crippen LogP contribution in [0.25, 0.3) is 0 Å². The van der Waals surface area contributed by atoms with Crippen molar-refractivity contribution in [2.45, 2.75) is 44.6 Å². The number of hydrogen-bond donors (Lipinski definition) is 1. The highest BCUT2D eigenvalue weighted by molar-refractivity contribution is 5.89. The number of rotatable bonds is 4. The van der Waals surface area contributed by atoms with Crippen molar-refractivity contribution in [3.63, 3.8) is 0 Å². The van der Waals surface area contributed by atoms with Gasteiger partial charge in [-0.15, -0.1) is 0 Å². The second-order valence-corrected chi connectivity index (χ2v) is 6.67. The summed E-state index contributed by atoms with van der Waals surface area (Å²) < 4.78 is 27.0. The summed E-state index contributed by atoms with van der Waals surface area (Å²) in [6, 6.07) is 2.59. The van der Waals surface area contributed by atoms with Gasteiger partial charge in [-0.05, 0) is 44.2 Å². The van der Waals surface area contributed by atoms with Gasteiger partial charge >= 0.3 is 6.03 Å². The zero-order valence-corrected chi connectivity index (χ0v) is 14.1. The fourth-order valence-corrected chi connectivity index (χ4v) is 3.59. The molecular weight excluding hydrogens is 328 g/mol. The molecule has 0 unspecified atom stereocenters. The van der Waals surface area contributed by atoms with E-state index in [2.05, 4.69) is 5.32 Å². The van der Waals surface area contributed by atoms with Crippen LogP contribution in [0.5, 0.6) is 0 Å². The Bertz CT molecular complexity index is 653. The highest BCUT2D eigenvalue weighted by Crippen LogP contribution is 2.23. The highest BCUT2D eigenvalue weighted by atomic mass is 19.1. The van der Waals surface area contributed by atoms with Crippen LogP contribution < -0.4 is 5.32 Å². The third-order valence-corrected chi connectivity index (χ3v) is 4.96. The topological polar surface area (TPSA) is 52.7 Å². The van der Waals surface area contributed by atoms with Crippen LogP contribution in [-0.2, 0) is 4.79 Å². The molecule has 0 spiro atoms. The molecule has 0 saturated carbocycles. The van der Waals surface area contributed by atoms with Crippen molar-refractivity contribution in [1.29, 1.82) is 0 Å². The smallest absolute Gasteiger partial charge is 0.322 e. The molecule has 0 aliphatic carbocycles. The molecule has 0 bridgehead atoms. The van der Waals surface area contributed by atoms with Crippen LogP contribution >= 0.6 is 0 Å². The first kappa shape index (κ1) is 17.6. The van der Waals surface area contributed by atoms with Crippen LogP contribution in [0.4, 0.5) is 19.3 Å². The molecule has 1 aromatic rings. The number of urea groups is 1. The van der Waals surface area contributed by atoms with Crippen LogP contribution in [0, 0.1) is 11.6 Å². The fourth-order valence-electron chi connectivity index (χ4n) is 3.59. The second-order valence-electron chi connectivity index (χ2n) is 6.67. The Labute approximate surface area is 146 Å². The molecule has 2 saturated heterocycles. The number of benzene rings is 1. The van der Waals surface area contributed by atoms with Gasteiger partial charge in [-0.2, -0.15) is 0 Å². The molecular formula is C18H23F2N3O2. The van der Waals surface area contributed by atoms with Gasteiger partial charge in [-0.3, -0.25) is 4.79 Å². The lowest BCUT2D eigenvalue weighted by Gasteiger charge is -2.36. The van der Waals surface area contributed by atoms with Gasteiger partial charge in [0.25, 0.3) is 0 Å². The lowest BCUT2D eigenvalue weighted by atomic mass is 9.99. The Kier molecular flexibility index (Phi) is 5.50. The van der Waals surface area contributed by atoms with E-state index < -0.39 is 17.7 Å². The van der Waals surface area contributed by atoms with E-state index >= 15 is 0 Å². The highest BCUT2D eigenvalue weighted by Gasteiger charge is 2.29. The Hall–Kier alpha value is -2.18. The number of amides is 3. The van der Waals surface area contributed by atoms with E-state index in [9.17, 15) is 18.4 Å². The molecule has 0 radical (unpaired) electrons. The molecule has 0 aromatic heterocycles. The fraction of sp³-hybridized carbons (Fsp3) is 0.556. The van der Waals surface area contributed by atoms with Crippen molar-refractivity contribution in [3.8, 4) is 0 Å². The van der Waals surface area contributed by atoms with Gasteiger partial charge in [0, 0.05) is 38.2 Å². The molecule has 1 N–H and O–H groups in total. The van der Waals surface area contributed by atoms with Gasteiger partial charge in [0.05, 0.1) is 5.69 Å². The Morgan fingerprint density at radius 2 is 2.04 bits per heavy atom. The van der Waals surface area contributed by atoms with Gasteiger partial charge in [-0.25, -0.2) is 13.6 Å². The number of hydrogen-bond acceptors (Lipinski definition) is 2. The molecule has 3 amide bonds. The summed E-state index contributed by atoms with van der Waals surface area (Å²) in [5, 5.41) is 2.48. The first-order valence-electron chi connectivity index (χ1n) is 8.85. The van der Waals surface area contributed by atoms with Crippen LogP contribution in [-0.4, -0.2) is 47.4 Å². The first-order valence-corrected chi connectivity index (χ1v) is 8.85. The maximum atomic E-state index is 13.7. The quantitative estimate of drug-likeness (QED) is 0.904. The molecule has 3 rings (SSSR count). The molecule has 7 heteroatoms. The Morgan fingerprint density at radius 1 is 1.20 bits per heavy atom. The Balaban J connectivity index is 1.62. The predicted octanol–water partition coefficient (Wildman–Crippen LogP) is 3.36. The lowest BCUT2D eigenvalue weighted by Crippen LogP contribution is -2.47. The summed E-state index contributed by atoms with van der Waals surface area (Å²) >= 11 is 0. The summed E-state index contributed by atoms with van der Waals surface area (Å²) in [6.07, 6.45) is 4.99. The van der Waals surface area contributed by atoms with E-state index in [1.165, 1.54) is 0 Å². The molecule has 25 heavy (non-hydrogen) atoms. The maximum absolute atomic E-state index is 13.7. The molecule has 1 aromatic carbocycles. The predicted molar refractivity (Wildman–Crippen MR) is 90.2 cm³/mol. The largest absolute Gasteiger partial charge is 0.343 e.